The fraction of sp³-hybridized carbons (Fsp3) is 1.00. The molecule has 0 aromatic carbocycles. The maximum absolute atomic E-state index is 10.8. The van der Waals surface area contributed by atoms with Crippen molar-refractivity contribution in [2.75, 3.05) is 19.8 Å². The van der Waals surface area contributed by atoms with E-state index in [2.05, 4.69) is 16.7 Å². The third-order valence-electron chi connectivity index (χ3n) is 1.68. The lowest BCUT2D eigenvalue weighted by Gasteiger charge is -2.27. The standard InChI is InChI=1S/C4H6O8S2/c5-13(6)9-1-4(2-10-13)3-11-14(7,8)12-4/h1-3H2. The molecule has 0 aromatic rings. The molecule has 0 radical (unpaired) electrons. The molecular weight excluding hydrogens is 240 g/mol. The van der Waals surface area contributed by atoms with Gasteiger partial charge in [-0.25, -0.2) is 16.7 Å². The van der Waals surface area contributed by atoms with Gasteiger partial charge in [-0.05, 0) is 0 Å². The van der Waals surface area contributed by atoms with Gasteiger partial charge in [-0.1, -0.05) is 0 Å². The second kappa shape index (κ2) is 2.87. The molecule has 2 saturated heterocycles. The molecule has 14 heavy (non-hydrogen) atoms. The third kappa shape index (κ3) is 1.89. The highest BCUT2D eigenvalue weighted by Gasteiger charge is 2.50. The monoisotopic (exact) mass is 246 g/mol. The molecule has 0 amide bonds. The molecule has 10 heteroatoms. The lowest BCUT2D eigenvalue weighted by atomic mass is 10.1. The van der Waals surface area contributed by atoms with E-state index in [-0.39, 0.29) is 6.61 Å². The van der Waals surface area contributed by atoms with Gasteiger partial charge < -0.3 is 0 Å². The van der Waals surface area contributed by atoms with Crippen LogP contribution >= 0.6 is 0 Å². The molecule has 0 N–H and O–H groups in total. The van der Waals surface area contributed by atoms with Gasteiger partial charge in [0, 0.05) is 0 Å². The van der Waals surface area contributed by atoms with Crippen LogP contribution in [0.5, 0.6) is 0 Å². The molecule has 0 atom stereocenters. The van der Waals surface area contributed by atoms with E-state index in [1.807, 2.05) is 0 Å². The molecule has 1 spiro atoms. The van der Waals surface area contributed by atoms with Crippen LogP contribution in [0.4, 0.5) is 0 Å². The van der Waals surface area contributed by atoms with Gasteiger partial charge in [-0.3, -0.25) is 0 Å². The van der Waals surface area contributed by atoms with Gasteiger partial charge >= 0.3 is 20.8 Å². The van der Waals surface area contributed by atoms with Crippen molar-refractivity contribution < 1.29 is 33.6 Å². The predicted molar refractivity (Wildman–Crippen MR) is 39.5 cm³/mol. The molecule has 2 aliphatic rings. The topological polar surface area (TPSA) is 105 Å². The summed E-state index contributed by atoms with van der Waals surface area (Å²) in [5.74, 6) is 0. The number of hydrogen-bond acceptors (Lipinski definition) is 8. The minimum atomic E-state index is -4.05. The van der Waals surface area contributed by atoms with E-state index in [9.17, 15) is 16.8 Å². The Bertz CT molecular complexity index is 418. The maximum Gasteiger partial charge on any atom is 0.400 e. The highest BCUT2D eigenvalue weighted by atomic mass is 32.3. The second-order valence-electron chi connectivity index (χ2n) is 2.87. The highest BCUT2D eigenvalue weighted by molar-refractivity contribution is 7.82. The van der Waals surface area contributed by atoms with Crippen LogP contribution in [0.2, 0.25) is 0 Å². The van der Waals surface area contributed by atoms with Crippen LogP contribution in [0.15, 0.2) is 0 Å². The van der Waals surface area contributed by atoms with E-state index < -0.39 is 39.6 Å². The number of hydrogen-bond donors (Lipinski definition) is 0. The Hall–Kier alpha value is -0.260. The van der Waals surface area contributed by atoms with Crippen LogP contribution in [-0.4, -0.2) is 42.3 Å². The van der Waals surface area contributed by atoms with Crippen molar-refractivity contribution in [3.8, 4) is 0 Å². The van der Waals surface area contributed by atoms with Gasteiger partial charge in [0.1, 0.15) is 19.8 Å². The summed E-state index contributed by atoms with van der Waals surface area (Å²) in [7, 11) is -8.06. The molecule has 0 aromatic heterocycles. The predicted octanol–water partition coefficient (Wildman–Crippen LogP) is -1.69. The van der Waals surface area contributed by atoms with Crippen molar-refractivity contribution in [2.45, 2.75) is 5.60 Å². The normalized spacial score (nSPS) is 33.1. The molecule has 82 valence electrons. The molecular formula is C4H6O8S2. The highest BCUT2D eigenvalue weighted by Crippen LogP contribution is 2.29. The van der Waals surface area contributed by atoms with E-state index in [0.29, 0.717) is 0 Å². The van der Waals surface area contributed by atoms with Gasteiger partial charge in [0.05, 0.1) is 0 Å². The Kier molecular flexibility index (Phi) is 2.10. The van der Waals surface area contributed by atoms with E-state index in [0.717, 1.165) is 0 Å². The Morgan fingerprint density at radius 2 is 1.21 bits per heavy atom. The lowest BCUT2D eigenvalue weighted by molar-refractivity contribution is -0.0352. The Morgan fingerprint density at radius 3 is 1.57 bits per heavy atom. The molecule has 0 saturated carbocycles. The smallest absolute Gasteiger partial charge is 0.245 e. The Balaban J connectivity index is 2.16. The zero-order valence-electron chi connectivity index (χ0n) is 6.70. The average molecular weight is 246 g/mol. The first-order chi connectivity index (χ1) is 6.33. The fourth-order valence-corrected chi connectivity index (χ4v) is 2.78. The third-order valence-corrected chi connectivity index (χ3v) is 3.46. The summed E-state index contributed by atoms with van der Waals surface area (Å²) in [6.45, 7) is -1.19. The fourth-order valence-electron chi connectivity index (χ4n) is 1.01. The zero-order valence-corrected chi connectivity index (χ0v) is 8.34. The lowest BCUT2D eigenvalue weighted by Crippen LogP contribution is -2.47. The quantitative estimate of drug-likeness (QED) is 0.498. The van der Waals surface area contributed by atoms with Crippen molar-refractivity contribution in [1.29, 1.82) is 0 Å². The molecule has 0 bridgehead atoms. The van der Waals surface area contributed by atoms with Crippen LogP contribution in [0.3, 0.4) is 0 Å². The second-order valence-corrected chi connectivity index (χ2v) is 5.38. The summed E-state index contributed by atoms with van der Waals surface area (Å²) >= 11 is 0. The minimum Gasteiger partial charge on any atom is -0.245 e. The molecule has 2 aliphatic heterocycles. The van der Waals surface area contributed by atoms with Crippen molar-refractivity contribution in [1.82, 2.24) is 0 Å². The van der Waals surface area contributed by atoms with E-state index in [1.165, 1.54) is 0 Å². The summed E-state index contributed by atoms with van der Waals surface area (Å²) in [5.41, 5.74) is -1.37. The number of rotatable bonds is 0. The summed E-state index contributed by atoms with van der Waals surface area (Å²) < 4.78 is 60.2. The van der Waals surface area contributed by atoms with Crippen molar-refractivity contribution in [2.24, 2.45) is 0 Å². The Labute approximate surface area is 80.4 Å². The summed E-state index contributed by atoms with van der Waals surface area (Å²) in [6, 6.07) is 0. The van der Waals surface area contributed by atoms with Gasteiger partial charge in [-0.2, -0.15) is 16.8 Å². The first-order valence-electron chi connectivity index (χ1n) is 3.46. The van der Waals surface area contributed by atoms with E-state index >= 15 is 0 Å². The Morgan fingerprint density at radius 1 is 0.786 bits per heavy atom. The van der Waals surface area contributed by atoms with E-state index in [4.69, 9.17) is 0 Å². The van der Waals surface area contributed by atoms with Crippen LogP contribution < -0.4 is 0 Å². The van der Waals surface area contributed by atoms with Crippen molar-refractivity contribution in [3.63, 3.8) is 0 Å². The van der Waals surface area contributed by atoms with Gasteiger partial charge in [-0.15, -0.1) is 0 Å². The van der Waals surface area contributed by atoms with Gasteiger partial charge in [0.25, 0.3) is 0 Å². The largest absolute Gasteiger partial charge is 0.400 e. The first-order valence-corrected chi connectivity index (χ1v) is 6.13. The van der Waals surface area contributed by atoms with Gasteiger partial charge in [0.15, 0.2) is 5.60 Å². The van der Waals surface area contributed by atoms with Crippen LogP contribution in [0.1, 0.15) is 0 Å². The van der Waals surface area contributed by atoms with Crippen LogP contribution in [0, 0.1) is 0 Å². The SMILES string of the molecule is O=S1(=O)OCC2(CO1)COS(=O)(=O)O2. The molecule has 0 unspecified atom stereocenters. The molecule has 8 nitrogen and oxygen atoms in total. The molecule has 0 aliphatic carbocycles. The van der Waals surface area contributed by atoms with Crippen LogP contribution in [0.25, 0.3) is 0 Å². The van der Waals surface area contributed by atoms with Crippen molar-refractivity contribution >= 4 is 20.8 Å². The average Bonchev–Trinajstić information content (AvgIpc) is 2.36. The summed E-state index contributed by atoms with van der Waals surface area (Å²) in [4.78, 5) is 0. The molecule has 2 heterocycles. The van der Waals surface area contributed by atoms with Gasteiger partial charge in [0.2, 0.25) is 0 Å². The van der Waals surface area contributed by atoms with Crippen LogP contribution in [-0.2, 0) is 37.5 Å². The zero-order chi connectivity index (χ0) is 10.4. The first kappa shape index (κ1) is 10.3. The van der Waals surface area contributed by atoms with Crippen molar-refractivity contribution in [3.05, 3.63) is 0 Å². The van der Waals surface area contributed by atoms with E-state index in [1.54, 1.807) is 0 Å². The minimum absolute atomic E-state index is 0.315. The maximum atomic E-state index is 10.8. The molecule has 2 fully saturated rings. The molecule has 2 rings (SSSR count). The summed E-state index contributed by atoms with van der Waals surface area (Å²) in [5, 5.41) is 0. The summed E-state index contributed by atoms with van der Waals surface area (Å²) in [6.07, 6.45) is 0.